The highest BCUT2D eigenvalue weighted by molar-refractivity contribution is 5.80. The molecule has 0 saturated carbocycles. The van der Waals surface area contributed by atoms with Crippen molar-refractivity contribution >= 4 is 5.97 Å². The van der Waals surface area contributed by atoms with Crippen LogP contribution in [0.1, 0.15) is 18.1 Å². The van der Waals surface area contributed by atoms with Crippen molar-refractivity contribution in [3.63, 3.8) is 0 Å². The maximum absolute atomic E-state index is 10.3. The Kier molecular flexibility index (Phi) is 6.39. The lowest BCUT2D eigenvalue weighted by atomic mass is 10.1. The van der Waals surface area contributed by atoms with E-state index in [0.717, 1.165) is 17.4 Å². The van der Waals surface area contributed by atoms with Gasteiger partial charge in [-0.15, -0.1) is 0 Å². The van der Waals surface area contributed by atoms with Crippen molar-refractivity contribution in [2.45, 2.75) is 12.5 Å². The van der Waals surface area contributed by atoms with Gasteiger partial charge in [-0.25, -0.2) is 4.79 Å². The normalized spacial score (nSPS) is 12.9. The van der Waals surface area contributed by atoms with Crippen LogP contribution in [0.5, 0.6) is 5.75 Å². The lowest BCUT2D eigenvalue weighted by molar-refractivity contribution is -0.131. The number of ether oxygens (including phenoxy) is 2. The van der Waals surface area contributed by atoms with Crippen LogP contribution >= 0.6 is 0 Å². The minimum atomic E-state index is -0.955. The number of carbonyl (C=O) groups is 1. The second kappa shape index (κ2) is 8.11. The molecule has 1 N–H and O–H groups in total. The molecule has 0 aliphatic carbocycles. The van der Waals surface area contributed by atoms with Gasteiger partial charge in [0.05, 0.1) is 13.2 Å². The molecule has 0 heterocycles. The molecule has 0 amide bonds. The van der Waals surface area contributed by atoms with Gasteiger partial charge in [0.25, 0.3) is 0 Å². The predicted octanol–water partition coefficient (Wildman–Crippen LogP) is 2.97. The van der Waals surface area contributed by atoms with E-state index in [1.807, 2.05) is 30.3 Å². The molecule has 19 heavy (non-hydrogen) atoms. The highest BCUT2D eigenvalue weighted by Crippen LogP contribution is 2.23. The minimum absolute atomic E-state index is 0.0552. The Hall–Kier alpha value is -2.07. The molecule has 0 fully saturated rings. The Morgan fingerprint density at radius 1 is 1.26 bits per heavy atom. The van der Waals surface area contributed by atoms with Gasteiger partial charge in [0.1, 0.15) is 5.75 Å². The lowest BCUT2D eigenvalue weighted by Gasteiger charge is -2.14. The largest absolute Gasteiger partial charge is 0.497 e. The summed E-state index contributed by atoms with van der Waals surface area (Å²) in [6, 6.07) is 7.67. The molecule has 0 radical (unpaired) electrons. The quantitative estimate of drug-likeness (QED) is 0.606. The second-order valence-corrected chi connectivity index (χ2v) is 3.86. The summed E-state index contributed by atoms with van der Waals surface area (Å²) in [6.07, 6.45) is 6.77. The summed E-state index contributed by atoms with van der Waals surface area (Å²) < 4.78 is 10.5. The highest BCUT2D eigenvalue weighted by Gasteiger charge is 2.08. The van der Waals surface area contributed by atoms with Crippen molar-refractivity contribution < 1.29 is 19.4 Å². The number of carboxylic acid groups (broad SMARTS) is 1. The zero-order chi connectivity index (χ0) is 14.1. The van der Waals surface area contributed by atoms with Crippen molar-refractivity contribution in [1.82, 2.24) is 0 Å². The third-order valence-corrected chi connectivity index (χ3v) is 2.61. The summed E-state index contributed by atoms with van der Waals surface area (Å²) in [5.74, 6) is -0.151. The van der Waals surface area contributed by atoms with Crippen LogP contribution in [0, 0.1) is 0 Å². The van der Waals surface area contributed by atoms with Gasteiger partial charge in [-0.1, -0.05) is 30.4 Å². The summed E-state index contributed by atoms with van der Waals surface area (Å²) in [5.41, 5.74) is 1.05. The van der Waals surface area contributed by atoms with Gasteiger partial charge in [0, 0.05) is 13.2 Å². The number of hydrogen-bond donors (Lipinski definition) is 1. The minimum Gasteiger partial charge on any atom is -0.497 e. The molecule has 1 aromatic carbocycles. The first-order valence-electron chi connectivity index (χ1n) is 5.90. The standard InChI is InChI=1S/C15H18O4/c1-18-13-10-8-12(9-11-13)14(19-2)6-4-3-5-7-15(16)17/h3-5,7-11,14H,6H2,1-2H3,(H,16,17)/b4-3+,7-5+. The molecule has 102 valence electrons. The highest BCUT2D eigenvalue weighted by atomic mass is 16.5. The molecule has 4 nitrogen and oxygen atoms in total. The van der Waals surface area contributed by atoms with Gasteiger partial charge < -0.3 is 14.6 Å². The number of carboxylic acids is 1. The molecule has 1 unspecified atom stereocenters. The first kappa shape index (κ1) is 15.0. The molecule has 1 atom stereocenters. The number of rotatable bonds is 7. The van der Waals surface area contributed by atoms with Crippen molar-refractivity contribution in [2.75, 3.05) is 14.2 Å². The van der Waals surface area contributed by atoms with E-state index in [4.69, 9.17) is 14.6 Å². The fraction of sp³-hybridized carbons (Fsp3) is 0.267. The first-order chi connectivity index (χ1) is 9.17. The van der Waals surface area contributed by atoms with Crippen molar-refractivity contribution in [2.24, 2.45) is 0 Å². The van der Waals surface area contributed by atoms with Crippen molar-refractivity contribution in [3.05, 3.63) is 54.1 Å². The molecule has 0 aliphatic heterocycles. The number of allylic oxidation sites excluding steroid dienone is 2. The smallest absolute Gasteiger partial charge is 0.328 e. The van der Waals surface area contributed by atoms with Crippen LogP contribution in [0.2, 0.25) is 0 Å². The Morgan fingerprint density at radius 2 is 1.95 bits per heavy atom. The number of aliphatic carboxylic acids is 1. The summed E-state index contributed by atoms with van der Waals surface area (Å²) in [4.78, 5) is 10.3. The molecule has 0 aliphatic rings. The summed E-state index contributed by atoms with van der Waals surface area (Å²) in [6.45, 7) is 0. The van der Waals surface area contributed by atoms with E-state index in [1.54, 1.807) is 20.3 Å². The summed E-state index contributed by atoms with van der Waals surface area (Å²) in [5, 5.41) is 8.44. The zero-order valence-electron chi connectivity index (χ0n) is 11.1. The van der Waals surface area contributed by atoms with E-state index in [-0.39, 0.29) is 6.10 Å². The van der Waals surface area contributed by atoms with Gasteiger partial charge in [0.2, 0.25) is 0 Å². The van der Waals surface area contributed by atoms with Crippen LogP contribution in [-0.2, 0) is 9.53 Å². The molecule has 0 saturated heterocycles. The van der Waals surface area contributed by atoms with Gasteiger partial charge in [-0.2, -0.15) is 0 Å². The molecule has 1 rings (SSSR count). The van der Waals surface area contributed by atoms with E-state index in [2.05, 4.69) is 0 Å². The van der Waals surface area contributed by atoms with Crippen LogP contribution in [-0.4, -0.2) is 25.3 Å². The predicted molar refractivity (Wildman–Crippen MR) is 73.3 cm³/mol. The monoisotopic (exact) mass is 262 g/mol. The fourth-order valence-electron chi connectivity index (χ4n) is 1.61. The average molecular weight is 262 g/mol. The van der Waals surface area contributed by atoms with Crippen LogP contribution < -0.4 is 4.74 Å². The maximum atomic E-state index is 10.3. The number of hydrogen-bond acceptors (Lipinski definition) is 3. The van der Waals surface area contributed by atoms with Crippen molar-refractivity contribution in [3.8, 4) is 5.75 Å². The molecule has 1 aromatic rings. The Labute approximate surface area is 113 Å². The Bertz CT molecular complexity index is 446. The van der Waals surface area contributed by atoms with Gasteiger partial charge in [-0.3, -0.25) is 0 Å². The summed E-state index contributed by atoms with van der Waals surface area (Å²) >= 11 is 0. The van der Waals surface area contributed by atoms with Crippen LogP contribution in [0.25, 0.3) is 0 Å². The number of benzene rings is 1. The fourth-order valence-corrected chi connectivity index (χ4v) is 1.61. The van der Waals surface area contributed by atoms with Crippen LogP contribution in [0.3, 0.4) is 0 Å². The van der Waals surface area contributed by atoms with E-state index < -0.39 is 5.97 Å². The van der Waals surface area contributed by atoms with E-state index in [9.17, 15) is 4.79 Å². The molecular weight excluding hydrogens is 244 g/mol. The first-order valence-corrected chi connectivity index (χ1v) is 5.90. The van der Waals surface area contributed by atoms with Gasteiger partial charge in [-0.05, 0) is 24.1 Å². The lowest BCUT2D eigenvalue weighted by Crippen LogP contribution is -1.99. The average Bonchev–Trinajstić information content (AvgIpc) is 2.43. The maximum Gasteiger partial charge on any atom is 0.328 e. The van der Waals surface area contributed by atoms with Gasteiger partial charge in [0.15, 0.2) is 0 Å². The third kappa shape index (κ3) is 5.40. The van der Waals surface area contributed by atoms with E-state index >= 15 is 0 Å². The molecule has 0 aromatic heterocycles. The summed E-state index contributed by atoms with van der Waals surface area (Å²) in [7, 11) is 3.27. The molecule has 0 bridgehead atoms. The second-order valence-electron chi connectivity index (χ2n) is 3.86. The number of methoxy groups -OCH3 is 2. The Morgan fingerprint density at radius 3 is 2.47 bits per heavy atom. The molecule has 0 spiro atoms. The topological polar surface area (TPSA) is 55.8 Å². The molecular formula is C15H18O4. The third-order valence-electron chi connectivity index (χ3n) is 2.61. The Balaban J connectivity index is 2.59. The van der Waals surface area contributed by atoms with Crippen molar-refractivity contribution in [1.29, 1.82) is 0 Å². The van der Waals surface area contributed by atoms with Crippen LogP contribution in [0.4, 0.5) is 0 Å². The van der Waals surface area contributed by atoms with Crippen LogP contribution in [0.15, 0.2) is 48.6 Å². The van der Waals surface area contributed by atoms with E-state index in [1.165, 1.54) is 6.08 Å². The molecule has 4 heteroatoms. The zero-order valence-corrected chi connectivity index (χ0v) is 11.1. The van der Waals surface area contributed by atoms with Gasteiger partial charge >= 0.3 is 5.97 Å². The SMILES string of the molecule is COc1ccc(C(C/C=C/C=C/C(=O)O)OC)cc1. The van der Waals surface area contributed by atoms with E-state index in [0.29, 0.717) is 6.42 Å².